The Morgan fingerprint density at radius 1 is 0.500 bits per heavy atom. The van der Waals surface area contributed by atoms with Gasteiger partial charge in [-0.1, -0.05) is 62.8 Å². The van der Waals surface area contributed by atoms with Crippen LogP contribution in [0.1, 0.15) is 87.2 Å². The molecule has 0 aromatic heterocycles. The third kappa shape index (κ3) is 2.79. The summed E-state index contributed by atoms with van der Waals surface area (Å²) in [5.41, 5.74) is 3.21. The third-order valence-corrected chi connectivity index (χ3v) is 5.09. The minimum atomic E-state index is 0.860. The largest absolute Gasteiger partial charge is 0.0585 e. The van der Waals surface area contributed by atoms with E-state index in [4.69, 9.17) is 0 Å². The van der Waals surface area contributed by atoms with Crippen LogP contribution in [0.4, 0.5) is 0 Å². The highest BCUT2D eigenvalue weighted by molar-refractivity contribution is 5.28. The van der Waals surface area contributed by atoms with Gasteiger partial charge in [-0.2, -0.15) is 0 Å². The molecule has 98 valence electrons. The zero-order valence-electron chi connectivity index (χ0n) is 11.5. The van der Waals surface area contributed by atoms with Crippen molar-refractivity contribution in [2.45, 2.75) is 76.0 Å². The van der Waals surface area contributed by atoms with Gasteiger partial charge in [0.05, 0.1) is 0 Å². The Kier molecular flexibility index (Phi) is 4.02. The summed E-state index contributed by atoms with van der Waals surface area (Å²) >= 11 is 0. The quantitative estimate of drug-likeness (QED) is 0.616. The molecule has 0 saturated heterocycles. The van der Waals surface area contributed by atoms with Gasteiger partial charge in [0.1, 0.15) is 0 Å². The highest BCUT2D eigenvalue weighted by Gasteiger charge is 2.18. The molecule has 18 heavy (non-hydrogen) atoms. The van der Waals surface area contributed by atoms with E-state index in [1.54, 1.807) is 11.1 Å². The van der Waals surface area contributed by atoms with Crippen LogP contribution in [-0.2, 0) is 0 Å². The Bertz CT molecular complexity index is 313. The molecule has 0 heteroatoms. The molecule has 1 aromatic rings. The molecular weight excluding hydrogens is 216 g/mol. The molecule has 2 aliphatic rings. The van der Waals surface area contributed by atoms with Crippen LogP contribution in [0.15, 0.2) is 24.3 Å². The average molecular weight is 242 g/mol. The van der Waals surface area contributed by atoms with E-state index in [-0.39, 0.29) is 0 Å². The molecule has 0 nitrogen and oxygen atoms in total. The predicted molar refractivity (Wildman–Crippen MR) is 78.1 cm³/mol. The van der Waals surface area contributed by atoms with Crippen LogP contribution in [-0.4, -0.2) is 0 Å². The van der Waals surface area contributed by atoms with Gasteiger partial charge >= 0.3 is 0 Å². The van der Waals surface area contributed by atoms with E-state index < -0.39 is 0 Å². The normalized spacial score (nSPS) is 23.1. The fourth-order valence-corrected chi connectivity index (χ4v) is 3.91. The fraction of sp³-hybridized carbons (Fsp3) is 0.667. The first-order valence-corrected chi connectivity index (χ1v) is 8.03. The molecule has 2 fully saturated rings. The lowest BCUT2D eigenvalue weighted by Gasteiger charge is -2.24. The first kappa shape index (κ1) is 12.3. The summed E-state index contributed by atoms with van der Waals surface area (Å²) in [4.78, 5) is 0. The van der Waals surface area contributed by atoms with Crippen LogP contribution in [0.25, 0.3) is 0 Å². The minimum absolute atomic E-state index is 0.860. The second-order valence-electron chi connectivity index (χ2n) is 6.34. The van der Waals surface area contributed by atoms with Crippen LogP contribution < -0.4 is 0 Å². The van der Waals surface area contributed by atoms with Crippen molar-refractivity contribution in [2.75, 3.05) is 0 Å². The summed E-state index contributed by atoms with van der Waals surface area (Å²) in [5.74, 6) is 1.72. The molecule has 2 aliphatic carbocycles. The molecule has 0 N–H and O–H groups in total. The Labute approximate surface area is 112 Å². The molecule has 0 amide bonds. The van der Waals surface area contributed by atoms with Gasteiger partial charge in [0, 0.05) is 0 Å². The summed E-state index contributed by atoms with van der Waals surface area (Å²) in [6, 6.07) is 9.72. The van der Waals surface area contributed by atoms with Crippen LogP contribution in [0.3, 0.4) is 0 Å². The Balaban J connectivity index is 1.67. The lowest BCUT2D eigenvalue weighted by Crippen LogP contribution is -2.06. The molecule has 1 aromatic carbocycles. The first-order chi connectivity index (χ1) is 8.93. The summed E-state index contributed by atoms with van der Waals surface area (Å²) in [5, 5.41) is 0. The van der Waals surface area contributed by atoms with E-state index in [0.717, 1.165) is 11.8 Å². The van der Waals surface area contributed by atoms with Crippen molar-refractivity contribution >= 4 is 0 Å². The van der Waals surface area contributed by atoms with Gasteiger partial charge in [0.25, 0.3) is 0 Å². The van der Waals surface area contributed by atoms with Gasteiger partial charge in [-0.15, -0.1) is 0 Å². The summed E-state index contributed by atoms with van der Waals surface area (Å²) in [6.07, 6.45) is 14.3. The summed E-state index contributed by atoms with van der Waals surface area (Å²) in [6.45, 7) is 0. The van der Waals surface area contributed by atoms with Crippen molar-refractivity contribution in [3.8, 4) is 0 Å². The van der Waals surface area contributed by atoms with Crippen molar-refractivity contribution in [3.05, 3.63) is 35.4 Å². The lowest BCUT2D eigenvalue weighted by atomic mass is 9.81. The standard InChI is InChI=1S/C18H26/c1-3-7-15(8-4-1)17-11-13-18(14-12-17)16-9-5-2-6-10-16/h11-16H,1-10H2. The van der Waals surface area contributed by atoms with Gasteiger partial charge in [-0.25, -0.2) is 0 Å². The van der Waals surface area contributed by atoms with E-state index in [9.17, 15) is 0 Å². The Morgan fingerprint density at radius 3 is 1.17 bits per heavy atom. The SMILES string of the molecule is c1cc(C2CCCCC2)ccc1C1CCCCC1. The highest BCUT2D eigenvalue weighted by Crippen LogP contribution is 2.35. The second kappa shape index (κ2) is 5.91. The molecular formula is C18H26. The third-order valence-electron chi connectivity index (χ3n) is 5.09. The molecule has 3 rings (SSSR count). The molecule has 0 aliphatic heterocycles. The van der Waals surface area contributed by atoms with Gasteiger partial charge in [-0.3, -0.25) is 0 Å². The Hall–Kier alpha value is -0.780. The summed E-state index contributed by atoms with van der Waals surface area (Å²) < 4.78 is 0. The smallest absolute Gasteiger partial charge is 0.0162 e. The van der Waals surface area contributed by atoms with Gasteiger partial charge in [0.15, 0.2) is 0 Å². The van der Waals surface area contributed by atoms with Gasteiger partial charge < -0.3 is 0 Å². The zero-order chi connectivity index (χ0) is 12.2. The molecule has 0 radical (unpaired) electrons. The fourth-order valence-electron chi connectivity index (χ4n) is 3.91. The van der Waals surface area contributed by atoms with Crippen molar-refractivity contribution in [1.29, 1.82) is 0 Å². The van der Waals surface area contributed by atoms with Gasteiger partial charge in [-0.05, 0) is 48.6 Å². The van der Waals surface area contributed by atoms with Crippen molar-refractivity contribution in [3.63, 3.8) is 0 Å². The van der Waals surface area contributed by atoms with E-state index in [1.165, 1.54) is 64.2 Å². The molecule has 2 saturated carbocycles. The average Bonchev–Trinajstić information content (AvgIpc) is 2.49. The molecule has 0 atom stereocenters. The Morgan fingerprint density at radius 2 is 0.833 bits per heavy atom. The van der Waals surface area contributed by atoms with Crippen LogP contribution in [0.5, 0.6) is 0 Å². The second-order valence-corrected chi connectivity index (χ2v) is 6.34. The first-order valence-electron chi connectivity index (χ1n) is 8.03. The van der Waals surface area contributed by atoms with Crippen LogP contribution in [0, 0.1) is 0 Å². The number of benzene rings is 1. The minimum Gasteiger partial charge on any atom is -0.0585 e. The predicted octanol–water partition coefficient (Wildman–Crippen LogP) is 5.78. The topological polar surface area (TPSA) is 0 Å². The highest BCUT2D eigenvalue weighted by atomic mass is 14.2. The van der Waals surface area contributed by atoms with E-state index in [2.05, 4.69) is 24.3 Å². The van der Waals surface area contributed by atoms with Crippen LogP contribution >= 0.6 is 0 Å². The van der Waals surface area contributed by atoms with Crippen molar-refractivity contribution < 1.29 is 0 Å². The zero-order valence-corrected chi connectivity index (χ0v) is 11.5. The van der Waals surface area contributed by atoms with Crippen LogP contribution in [0.2, 0.25) is 0 Å². The summed E-state index contributed by atoms with van der Waals surface area (Å²) in [7, 11) is 0. The molecule has 0 unspecified atom stereocenters. The molecule has 0 spiro atoms. The van der Waals surface area contributed by atoms with E-state index >= 15 is 0 Å². The number of rotatable bonds is 2. The number of hydrogen-bond donors (Lipinski definition) is 0. The van der Waals surface area contributed by atoms with E-state index in [1.807, 2.05) is 0 Å². The molecule has 0 bridgehead atoms. The van der Waals surface area contributed by atoms with Crippen molar-refractivity contribution in [2.24, 2.45) is 0 Å². The monoisotopic (exact) mass is 242 g/mol. The molecule has 0 heterocycles. The maximum Gasteiger partial charge on any atom is -0.0162 e. The maximum atomic E-state index is 2.43. The van der Waals surface area contributed by atoms with Gasteiger partial charge in [0.2, 0.25) is 0 Å². The van der Waals surface area contributed by atoms with E-state index in [0.29, 0.717) is 0 Å². The number of hydrogen-bond acceptors (Lipinski definition) is 0. The maximum absolute atomic E-state index is 2.43. The lowest BCUT2D eigenvalue weighted by molar-refractivity contribution is 0.439. The van der Waals surface area contributed by atoms with Crippen molar-refractivity contribution in [1.82, 2.24) is 0 Å².